The van der Waals surface area contributed by atoms with Gasteiger partial charge in [-0.25, -0.2) is 8.42 Å². The van der Waals surface area contributed by atoms with Crippen molar-refractivity contribution < 1.29 is 13.2 Å². The molecule has 0 bridgehead atoms. The van der Waals surface area contributed by atoms with E-state index in [1.807, 2.05) is 26.8 Å². The highest BCUT2D eigenvalue weighted by atomic mass is 32.2. The van der Waals surface area contributed by atoms with Gasteiger partial charge < -0.3 is 0 Å². The van der Waals surface area contributed by atoms with Crippen LogP contribution in [0, 0.1) is 0 Å². The van der Waals surface area contributed by atoms with E-state index in [0.717, 1.165) is 5.01 Å². The lowest BCUT2D eigenvalue weighted by Gasteiger charge is -2.19. The molecule has 0 atom stereocenters. The Labute approximate surface area is 174 Å². The summed E-state index contributed by atoms with van der Waals surface area (Å²) in [6, 6.07) is 14.7. The number of nitrogens with zero attached hydrogens (tertiary/aromatic N) is 3. The molecule has 9 heteroatoms. The zero-order chi connectivity index (χ0) is 21.2. The SMILES string of the molecule is CN(c1ccccc1)S(=O)(=O)c1cccc(C(=O)Nc2nnc(C(C)(C)C)s2)c1. The first-order valence-electron chi connectivity index (χ1n) is 8.88. The van der Waals surface area contributed by atoms with Crippen LogP contribution < -0.4 is 9.62 Å². The summed E-state index contributed by atoms with van der Waals surface area (Å²) in [6.07, 6.45) is 0. The maximum atomic E-state index is 13.0. The Balaban J connectivity index is 1.83. The minimum Gasteiger partial charge on any atom is -0.296 e. The number of sulfonamides is 1. The Morgan fingerprint density at radius 3 is 2.34 bits per heavy atom. The fourth-order valence-electron chi connectivity index (χ4n) is 2.48. The highest BCUT2D eigenvalue weighted by molar-refractivity contribution is 7.92. The van der Waals surface area contributed by atoms with E-state index < -0.39 is 15.9 Å². The summed E-state index contributed by atoms with van der Waals surface area (Å²) < 4.78 is 27.1. The highest BCUT2D eigenvalue weighted by Gasteiger charge is 2.23. The van der Waals surface area contributed by atoms with Crippen LogP contribution in [0.4, 0.5) is 10.8 Å². The fourth-order valence-corrected chi connectivity index (χ4v) is 4.52. The third-order valence-electron chi connectivity index (χ3n) is 4.16. The van der Waals surface area contributed by atoms with Gasteiger partial charge in [-0.2, -0.15) is 0 Å². The van der Waals surface area contributed by atoms with Gasteiger partial charge in [-0.05, 0) is 30.3 Å². The van der Waals surface area contributed by atoms with Crippen LogP contribution in [0.2, 0.25) is 0 Å². The van der Waals surface area contributed by atoms with Crippen molar-refractivity contribution in [2.45, 2.75) is 31.1 Å². The van der Waals surface area contributed by atoms with Crippen molar-refractivity contribution in [3.05, 3.63) is 65.2 Å². The Hall–Kier alpha value is -2.78. The fraction of sp³-hybridized carbons (Fsp3) is 0.250. The molecule has 0 saturated heterocycles. The van der Waals surface area contributed by atoms with E-state index in [2.05, 4.69) is 15.5 Å². The van der Waals surface area contributed by atoms with Gasteiger partial charge in [0.2, 0.25) is 5.13 Å². The van der Waals surface area contributed by atoms with Crippen molar-refractivity contribution in [3.63, 3.8) is 0 Å². The molecule has 1 N–H and O–H groups in total. The molecular weight excluding hydrogens is 408 g/mol. The summed E-state index contributed by atoms with van der Waals surface area (Å²) in [6.45, 7) is 6.03. The molecule has 0 aliphatic rings. The lowest BCUT2D eigenvalue weighted by Crippen LogP contribution is -2.26. The van der Waals surface area contributed by atoms with E-state index in [-0.39, 0.29) is 15.9 Å². The molecule has 0 fully saturated rings. The average Bonchev–Trinajstić information content (AvgIpc) is 3.17. The second kappa shape index (κ2) is 7.92. The summed E-state index contributed by atoms with van der Waals surface area (Å²) in [5, 5.41) is 12.0. The number of hydrogen-bond donors (Lipinski definition) is 1. The molecule has 3 rings (SSSR count). The summed E-state index contributed by atoms with van der Waals surface area (Å²) in [5.41, 5.74) is 0.586. The van der Waals surface area contributed by atoms with Crippen LogP contribution >= 0.6 is 11.3 Å². The first-order chi connectivity index (χ1) is 13.6. The molecule has 1 heterocycles. The molecule has 0 saturated carbocycles. The summed E-state index contributed by atoms with van der Waals surface area (Å²) >= 11 is 1.29. The van der Waals surface area contributed by atoms with Crippen LogP contribution in [0.25, 0.3) is 0 Å². The minimum absolute atomic E-state index is 0.0316. The average molecular weight is 431 g/mol. The van der Waals surface area contributed by atoms with Gasteiger partial charge in [-0.15, -0.1) is 10.2 Å². The quantitative estimate of drug-likeness (QED) is 0.662. The van der Waals surface area contributed by atoms with Crippen LogP contribution in [0.3, 0.4) is 0 Å². The Bertz CT molecular complexity index is 1120. The number of rotatable bonds is 5. The number of carbonyl (C=O) groups excluding carboxylic acids is 1. The second-order valence-corrected chi connectivity index (χ2v) is 10.4. The maximum Gasteiger partial charge on any atom is 0.264 e. The van der Waals surface area contributed by atoms with E-state index in [1.54, 1.807) is 36.4 Å². The Morgan fingerprint density at radius 2 is 1.72 bits per heavy atom. The van der Waals surface area contributed by atoms with E-state index in [0.29, 0.717) is 10.8 Å². The van der Waals surface area contributed by atoms with Gasteiger partial charge >= 0.3 is 0 Å². The third kappa shape index (κ3) is 4.63. The molecule has 7 nitrogen and oxygen atoms in total. The predicted octanol–water partition coefficient (Wildman–Crippen LogP) is 3.91. The Morgan fingerprint density at radius 1 is 1.03 bits per heavy atom. The predicted molar refractivity (Wildman–Crippen MR) is 115 cm³/mol. The molecule has 0 radical (unpaired) electrons. The number of amides is 1. The van der Waals surface area contributed by atoms with Gasteiger partial charge in [0.15, 0.2) is 0 Å². The van der Waals surface area contributed by atoms with Gasteiger partial charge in [0, 0.05) is 18.0 Å². The van der Waals surface area contributed by atoms with Crippen LogP contribution in [0.5, 0.6) is 0 Å². The molecule has 0 spiro atoms. The number of carbonyl (C=O) groups is 1. The van der Waals surface area contributed by atoms with Crippen LogP contribution in [-0.4, -0.2) is 31.6 Å². The minimum atomic E-state index is -3.81. The number of nitrogens with one attached hydrogen (secondary N) is 1. The highest BCUT2D eigenvalue weighted by Crippen LogP contribution is 2.28. The van der Waals surface area contributed by atoms with Crippen LogP contribution in [-0.2, 0) is 15.4 Å². The molecule has 1 amide bonds. The van der Waals surface area contributed by atoms with Crippen molar-refractivity contribution in [1.29, 1.82) is 0 Å². The number of hydrogen-bond acceptors (Lipinski definition) is 6. The van der Waals surface area contributed by atoms with E-state index in [9.17, 15) is 13.2 Å². The normalized spacial score (nSPS) is 11.9. The number of benzene rings is 2. The Kier molecular flexibility index (Phi) is 5.72. The first kappa shape index (κ1) is 20.9. The lowest BCUT2D eigenvalue weighted by molar-refractivity contribution is 0.102. The molecule has 29 heavy (non-hydrogen) atoms. The van der Waals surface area contributed by atoms with Crippen molar-refractivity contribution in [1.82, 2.24) is 10.2 Å². The molecule has 0 unspecified atom stereocenters. The molecule has 3 aromatic rings. The van der Waals surface area contributed by atoms with Gasteiger partial charge in [-0.3, -0.25) is 14.4 Å². The number of aromatic nitrogens is 2. The monoisotopic (exact) mass is 430 g/mol. The summed E-state index contributed by atoms with van der Waals surface area (Å²) in [4.78, 5) is 12.6. The number of para-hydroxylation sites is 1. The van der Waals surface area contributed by atoms with Crippen molar-refractivity contribution in [2.24, 2.45) is 0 Å². The maximum absolute atomic E-state index is 13.0. The van der Waals surface area contributed by atoms with E-state index >= 15 is 0 Å². The van der Waals surface area contributed by atoms with Gasteiger partial charge in [0.05, 0.1) is 10.6 Å². The van der Waals surface area contributed by atoms with Crippen LogP contribution in [0.1, 0.15) is 36.1 Å². The van der Waals surface area contributed by atoms with Crippen molar-refractivity contribution in [3.8, 4) is 0 Å². The van der Waals surface area contributed by atoms with E-state index in [1.165, 1.54) is 34.8 Å². The third-order valence-corrected chi connectivity index (χ3v) is 7.21. The summed E-state index contributed by atoms with van der Waals surface area (Å²) in [5.74, 6) is -0.443. The van der Waals surface area contributed by atoms with Crippen LogP contribution in [0.15, 0.2) is 59.5 Å². The molecule has 1 aromatic heterocycles. The second-order valence-electron chi connectivity index (χ2n) is 7.45. The number of anilines is 2. The molecule has 0 aliphatic heterocycles. The van der Waals surface area contributed by atoms with E-state index in [4.69, 9.17) is 0 Å². The first-order valence-corrected chi connectivity index (χ1v) is 11.1. The molecular formula is C20H22N4O3S2. The largest absolute Gasteiger partial charge is 0.296 e. The van der Waals surface area contributed by atoms with Crippen molar-refractivity contribution in [2.75, 3.05) is 16.7 Å². The zero-order valence-corrected chi connectivity index (χ0v) is 18.2. The zero-order valence-electron chi connectivity index (χ0n) is 16.6. The van der Waals surface area contributed by atoms with Gasteiger partial charge in [0.25, 0.3) is 15.9 Å². The van der Waals surface area contributed by atoms with Gasteiger partial charge in [0.1, 0.15) is 5.01 Å². The standard InChI is InChI=1S/C20H22N4O3S2/c1-20(2,3)18-22-23-19(28-18)21-17(25)14-9-8-12-16(13-14)29(26,27)24(4)15-10-6-5-7-11-15/h5-13H,1-4H3,(H,21,23,25). The molecule has 0 aliphatic carbocycles. The van der Waals surface area contributed by atoms with Crippen molar-refractivity contribution >= 4 is 38.1 Å². The molecule has 152 valence electrons. The lowest BCUT2D eigenvalue weighted by atomic mass is 9.98. The smallest absolute Gasteiger partial charge is 0.264 e. The molecule has 2 aromatic carbocycles. The van der Waals surface area contributed by atoms with Gasteiger partial charge in [-0.1, -0.05) is 56.4 Å². The summed E-state index contributed by atoms with van der Waals surface area (Å²) in [7, 11) is -2.33. The topological polar surface area (TPSA) is 92.3 Å².